The van der Waals surface area contributed by atoms with E-state index < -0.39 is 16.2 Å². The summed E-state index contributed by atoms with van der Waals surface area (Å²) in [6.07, 6.45) is -1.07. The first-order valence-electron chi connectivity index (χ1n) is 6.28. The predicted octanol–water partition coefficient (Wildman–Crippen LogP) is 3.09. The van der Waals surface area contributed by atoms with Gasteiger partial charge in [-0.3, -0.25) is 4.18 Å². The highest BCUT2D eigenvalue weighted by molar-refractivity contribution is 7.86. The monoisotopic (exact) mass is 326 g/mol. The minimum Gasteiger partial charge on any atom is -0.386 e. The van der Waals surface area contributed by atoms with E-state index in [9.17, 15) is 13.5 Å². The summed E-state index contributed by atoms with van der Waals surface area (Å²) >= 11 is 5.82. The van der Waals surface area contributed by atoms with Crippen LogP contribution in [0.15, 0.2) is 53.4 Å². The smallest absolute Gasteiger partial charge is 0.297 e. The molecule has 4 nitrogen and oxygen atoms in total. The maximum Gasteiger partial charge on any atom is 0.297 e. The highest BCUT2D eigenvalue weighted by Gasteiger charge is 2.18. The molecule has 0 heterocycles. The molecule has 0 aliphatic heterocycles. The van der Waals surface area contributed by atoms with Crippen molar-refractivity contribution in [3.8, 4) is 0 Å². The zero-order valence-corrected chi connectivity index (χ0v) is 12.9. The standard InChI is InChI=1S/C15H15ClO4S/c1-11-5-7-14(8-6-11)21(18,19)20-10-15(17)12-3-2-4-13(16)9-12/h2-9,15,17H,10H2,1H3/t15-/m0/s1. The maximum atomic E-state index is 12.0. The lowest BCUT2D eigenvalue weighted by atomic mass is 10.1. The van der Waals surface area contributed by atoms with Crippen molar-refractivity contribution in [1.29, 1.82) is 0 Å². The zero-order valence-electron chi connectivity index (χ0n) is 11.4. The maximum absolute atomic E-state index is 12.0. The molecule has 2 aromatic carbocycles. The molecule has 2 rings (SSSR count). The molecule has 0 saturated heterocycles. The number of aliphatic hydroxyl groups is 1. The van der Waals surface area contributed by atoms with E-state index in [2.05, 4.69) is 0 Å². The quantitative estimate of drug-likeness (QED) is 0.858. The summed E-state index contributed by atoms with van der Waals surface area (Å²) in [5, 5.41) is 10.4. The molecule has 0 saturated carbocycles. The van der Waals surface area contributed by atoms with Crippen molar-refractivity contribution in [3.63, 3.8) is 0 Å². The number of hydrogen-bond donors (Lipinski definition) is 1. The van der Waals surface area contributed by atoms with Crippen molar-refractivity contribution in [2.45, 2.75) is 17.9 Å². The van der Waals surface area contributed by atoms with Crippen LogP contribution < -0.4 is 0 Å². The number of rotatable bonds is 5. The van der Waals surface area contributed by atoms with E-state index in [-0.39, 0.29) is 11.5 Å². The fourth-order valence-corrected chi connectivity index (χ4v) is 2.85. The SMILES string of the molecule is Cc1ccc(S(=O)(=O)OC[C@H](O)c2cccc(Cl)c2)cc1. The van der Waals surface area contributed by atoms with Crippen molar-refractivity contribution in [2.75, 3.05) is 6.61 Å². The van der Waals surface area contributed by atoms with Gasteiger partial charge in [0, 0.05) is 5.02 Å². The van der Waals surface area contributed by atoms with Crippen LogP contribution in [0, 0.1) is 6.92 Å². The second-order valence-corrected chi connectivity index (χ2v) is 6.67. The van der Waals surface area contributed by atoms with Gasteiger partial charge in [0.15, 0.2) is 0 Å². The summed E-state index contributed by atoms with van der Waals surface area (Å²) in [6, 6.07) is 12.9. The Labute approximate surface area is 129 Å². The Hall–Kier alpha value is -1.40. The Balaban J connectivity index is 2.06. The number of halogens is 1. The Morgan fingerprint density at radius 1 is 1.19 bits per heavy atom. The van der Waals surface area contributed by atoms with Crippen LogP contribution in [-0.4, -0.2) is 20.1 Å². The van der Waals surface area contributed by atoms with Gasteiger partial charge in [0.25, 0.3) is 10.1 Å². The number of benzene rings is 2. The largest absolute Gasteiger partial charge is 0.386 e. The van der Waals surface area contributed by atoms with E-state index in [0.29, 0.717) is 10.6 Å². The van der Waals surface area contributed by atoms with E-state index in [1.165, 1.54) is 12.1 Å². The first-order valence-corrected chi connectivity index (χ1v) is 8.07. The van der Waals surface area contributed by atoms with Crippen LogP contribution in [0.1, 0.15) is 17.2 Å². The van der Waals surface area contributed by atoms with Crippen LogP contribution >= 0.6 is 11.6 Å². The first-order chi connectivity index (χ1) is 9.88. The van der Waals surface area contributed by atoms with Crippen molar-refractivity contribution in [1.82, 2.24) is 0 Å². The van der Waals surface area contributed by atoms with Gasteiger partial charge in [0.2, 0.25) is 0 Å². The Morgan fingerprint density at radius 3 is 2.48 bits per heavy atom. The predicted molar refractivity (Wildman–Crippen MR) is 80.7 cm³/mol. The third-order valence-corrected chi connectivity index (χ3v) is 4.46. The molecule has 0 spiro atoms. The molecular formula is C15H15ClO4S. The van der Waals surface area contributed by atoms with Crippen molar-refractivity contribution in [2.24, 2.45) is 0 Å². The van der Waals surface area contributed by atoms with Gasteiger partial charge in [-0.2, -0.15) is 8.42 Å². The van der Waals surface area contributed by atoms with Crippen LogP contribution in [0.3, 0.4) is 0 Å². The molecule has 0 aliphatic carbocycles. The summed E-state index contributed by atoms with van der Waals surface area (Å²) in [5.74, 6) is 0. The van der Waals surface area contributed by atoms with Gasteiger partial charge >= 0.3 is 0 Å². The first kappa shape index (κ1) is 16.0. The van der Waals surface area contributed by atoms with Gasteiger partial charge in [-0.05, 0) is 36.8 Å². The number of hydrogen-bond acceptors (Lipinski definition) is 4. The van der Waals surface area contributed by atoms with Gasteiger partial charge in [-0.25, -0.2) is 0 Å². The lowest BCUT2D eigenvalue weighted by Gasteiger charge is -2.12. The van der Waals surface area contributed by atoms with E-state index in [4.69, 9.17) is 15.8 Å². The van der Waals surface area contributed by atoms with Crippen LogP contribution in [0.4, 0.5) is 0 Å². The third kappa shape index (κ3) is 4.28. The lowest BCUT2D eigenvalue weighted by Crippen LogP contribution is -2.13. The van der Waals surface area contributed by atoms with Crippen molar-refractivity contribution >= 4 is 21.7 Å². The molecule has 1 atom stereocenters. The second-order valence-electron chi connectivity index (χ2n) is 4.62. The normalized spacial score (nSPS) is 13.1. The average Bonchev–Trinajstić information content (AvgIpc) is 2.45. The minimum atomic E-state index is -3.88. The molecule has 6 heteroatoms. The van der Waals surface area contributed by atoms with Crippen molar-refractivity contribution < 1.29 is 17.7 Å². The van der Waals surface area contributed by atoms with E-state index >= 15 is 0 Å². The molecule has 0 unspecified atom stereocenters. The van der Waals surface area contributed by atoms with Gasteiger partial charge < -0.3 is 5.11 Å². The fourth-order valence-electron chi connectivity index (χ4n) is 1.74. The van der Waals surface area contributed by atoms with Crippen molar-refractivity contribution in [3.05, 3.63) is 64.7 Å². The Kier molecular flexibility index (Phi) is 5.00. The molecule has 2 aromatic rings. The van der Waals surface area contributed by atoms with Crippen LogP contribution in [0.2, 0.25) is 5.02 Å². The second kappa shape index (κ2) is 6.58. The molecule has 0 radical (unpaired) electrons. The molecule has 0 amide bonds. The highest BCUT2D eigenvalue weighted by atomic mass is 35.5. The van der Waals surface area contributed by atoms with Crippen LogP contribution in [0.5, 0.6) is 0 Å². The average molecular weight is 327 g/mol. The summed E-state index contributed by atoms with van der Waals surface area (Å²) in [6.45, 7) is 1.50. The zero-order chi connectivity index (χ0) is 15.5. The molecule has 0 bridgehead atoms. The van der Waals surface area contributed by atoms with Gasteiger partial charge in [0.05, 0.1) is 11.5 Å². The summed E-state index contributed by atoms with van der Waals surface area (Å²) in [4.78, 5) is 0.0615. The highest BCUT2D eigenvalue weighted by Crippen LogP contribution is 2.20. The van der Waals surface area contributed by atoms with Crippen LogP contribution in [0.25, 0.3) is 0 Å². The van der Waals surface area contributed by atoms with Crippen LogP contribution in [-0.2, 0) is 14.3 Å². The molecule has 21 heavy (non-hydrogen) atoms. The molecular weight excluding hydrogens is 312 g/mol. The van der Waals surface area contributed by atoms with Gasteiger partial charge in [0.1, 0.15) is 6.10 Å². The summed E-state index contributed by atoms with van der Waals surface area (Å²) in [5.41, 5.74) is 1.45. The van der Waals surface area contributed by atoms with E-state index in [1.54, 1.807) is 36.4 Å². The molecule has 0 aliphatic rings. The van der Waals surface area contributed by atoms with E-state index in [1.807, 2.05) is 6.92 Å². The fraction of sp³-hybridized carbons (Fsp3) is 0.200. The van der Waals surface area contributed by atoms with E-state index in [0.717, 1.165) is 5.56 Å². The third-order valence-electron chi connectivity index (χ3n) is 2.92. The van der Waals surface area contributed by atoms with Gasteiger partial charge in [-0.1, -0.05) is 41.4 Å². The number of aryl methyl sites for hydroxylation is 1. The minimum absolute atomic E-state index is 0.0615. The Bertz CT molecular complexity index is 711. The molecule has 0 aromatic heterocycles. The molecule has 0 fully saturated rings. The number of aliphatic hydroxyl groups excluding tert-OH is 1. The molecule has 112 valence electrons. The molecule has 1 N–H and O–H groups in total. The Morgan fingerprint density at radius 2 is 1.86 bits per heavy atom. The topological polar surface area (TPSA) is 63.6 Å². The summed E-state index contributed by atoms with van der Waals surface area (Å²) < 4.78 is 28.9. The summed E-state index contributed by atoms with van der Waals surface area (Å²) in [7, 11) is -3.88. The van der Waals surface area contributed by atoms with Gasteiger partial charge in [-0.15, -0.1) is 0 Å². The lowest BCUT2D eigenvalue weighted by molar-refractivity contribution is 0.111.